The summed E-state index contributed by atoms with van der Waals surface area (Å²) in [5.74, 6) is 0.618. The van der Waals surface area contributed by atoms with Crippen molar-refractivity contribution in [1.29, 1.82) is 0 Å². The number of ketones is 1. The number of carbonyl (C=O) groups is 2. The summed E-state index contributed by atoms with van der Waals surface area (Å²) < 4.78 is 1.60. The number of rotatable bonds is 2. The Labute approximate surface area is 180 Å². The fourth-order valence-electron chi connectivity index (χ4n) is 5.39. The predicted octanol–water partition coefficient (Wildman–Crippen LogP) is 2.85. The third-order valence-corrected chi connectivity index (χ3v) is 7.00. The van der Waals surface area contributed by atoms with Gasteiger partial charge in [-0.2, -0.15) is 5.10 Å². The zero-order chi connectivity index (χ0) is 21.9. The van der Waals surface area contributed by atoms with Gasteiger partial charge in [-0.1, -0.05) is 6.92 Å². The molecule has 2 atom stereocenters. The van der Waals surface area contributed by atoms with E-state index < -0.39 is 0 Å². The van der Waals surface area contributed by atoms with Crippen LogP contribution in [0, 0.1) is 13.8 Å². The van der Waals surface area contributed by atoms with Crippen LogP contribution in [0.2, 0.25) is 0 Å². The fraction of sp³-hybridized carbons (Fsp3) is 0.478. The van der Waals surface area contributed by atoms with Crippen LogP contribution in [0.5, 0.6) is 0 Å². The van der Waals surface area contributed by atoms with Gasteiger partial charge in [0.25, 0.3) is 5.91 Å². The molecular weight excluding hydrogens is 392 g/mol. The normalized spacial score (nSPS) is 22.8. The summed E-state index contributed by atoms with van der Waals surface area (Å²) in [5, 5.41) is 4.53. The van der Waals surface area contributed by atoms with Crippen LogP contribution in [0.1, 0.15) is 76.7 Å². The minimum Gasteiger partial charge on any atom is -0.333 e. The summed E-state index contributed by atoms with van der Waals surface area (Å²) in [6.07, 6.45) is 7.18. The van der Waals surface area contributed by atoms with Gasteiger partial charge in [0.1, 0.15) is 5.82 Å². The van der Waals surface area contributed by atoms with E-state index in [0.717, 1.165) is 37.2 Å². The third kappa shape index (κ3) is 2.96. The van der Waals surface area contributed by atoms with E-state index in [1.54, 1.807) is 16.8 Å². The maximum absolute atomic E-state index is 13.6. The first-order valence-corrected chi connectivity index (χ1v) is 10.8. The van der Waals surface area contributed by atoms with Crippen molar-refractivity contribution in [3.63, 3.8) is 0 Å². The van der Waals surface area contributed by atoms with Crippen LogP contribution in [-0.2, 0) is 11.8 Å². The standard InChI is InChI=1S/C23H26N6O2/c1-13-17(14(2)30)12-25-20-10-18(27-29(13)20)22(31)28-9-5-8-23(4)19(28)7-6-16-11-24-15(3)26-21(16)23/h10-12,19H,5-9H2,1-4H3/t19?,23-/m1/s1. The quantitative estimate of drug-likeness (QED) is 0.594. The zero-order valence-electron chi connectivity index (χ0n) is 18.3. The number of likely N-dealkylation sites (tertiary alicyclic amines) is 1. The summed E-state index contributed by atoms with van der Waals surface area (Å²) in [5.41, 5.74) is 4.24. The molecular formula is C23H26N6O2. The van der Waals surface area contributed by atoms with Gasteiger partial charge >= 0.3 is 0 Å². The summed E-state index contributed by atoms with van der Waals surface area (Å²) >= 11 is 0. The van der Waals surface area contributed by atoms with Gasteiger partial charge in [0.05, 0.1) is 17.0 Å². The molecule has 1 aliphatic heterocycles. The minimum atomic E-state index is -0.190. The summed E-state index contributed by atoms with van der Waals surface area (Å²) in [6, 6.07) is 1.79. The molecule has 3 aromatic heterocycles. The molecule has 160 valence electrons. The molecule has 31 heavy (non-hydrogen) atoms. The molecule has 8 heteroatoms. The lowest BCUT2D eigenvalue weighted by Gasteiger charge is -2.50. The van der Waals surface area contributed by atoms with E-state index in [9.17, 15) is 9.59 Å². The molecule has 0 bridgehead atoms. The van der Waals surface area contributed by atoms with Crippen LogP contribution in [0.25, 0.3) is 5.65 Å². The Morgan fingerprint density at radius 2 is 2.00 bits per heavy atom. The number of amides is 1. The maximum atomic E-state index is 13.6. The van der Waals surface area contributed by atoms with Gasteiger partial charge in [-0.05, 0) is 52.0 Å². The van der Waals surface area contributed by atoms with E-state index in [2.05, 4.69) is 22.0 Å². The van der Waals surface area contributed by atoms with Gasteiger partial charge in [0.2, 0.25) is 0 Å². The van der Waals surface area contributed by atoms with E-state index in [0.29, 0.717) is 29.1 Å². The van der Waals surface area contributed by atoms with Crippen LogP contribution < -0.4 is 0 Å². The molecule has 0 radical (unpaired) electrons. The van der Waals surface area contributed by atoms with E-state index in [1.165, 1.54) is 12.5 Å². The van der Waals surface area contributed by atoms with Crippen LogP contribution >= 0.6 is 0 Å². The van der Waals surface area contributed by atoms with Crippen LogP contribution in [0.4, 0.5) is 0 Å². The molecule has 0 aromatic carbocycles. The fourth-order valence-corrected chi connectivity index (χ4v) is 5.39. The van der Waals surface area contributed by atoms with E-state index >= 15 is 0 Å². The van der Waals surface area contributed by atoms with Crippen LogP contribution in [-0.4, -0.2) is 53.7 Å². The average molecular weight is 419 g/mol. The highest BCUT2D eigenvalue weighted by Gasteiger charge is 2.48. The Morgan fingerprint density at radius 1 is 1.19 bits per heavy atom. The average Bonchev–Trinajstić information content (AvgIpc) is 3.18. The Morgan fingerprint density at radius 3 is 2.77 bits per heavy atom. The molecule has 4 heterocycles. The lowest BCUT2D eigenvalue weighted by Crippen LogP contribution is -2.58. The summed E-state index contributed by atoms with van der Waals surface area (Å²) in [7, 11) is 0. The topological polar surface area (TPSA) is 93.4 Å². The van der Waals surface area contributed by atoms with Crippen LogP contribution in [0.15, 0.2) is 18.5 Å². The highest BCUT2D eigenvalue weighted by Crippen LogP contribution is 2.45. The monoisotopic (exact) mass is 418 g/mol. The lowest BCUT2D eigenvalue weighted by atomic mass is 9.65. The number of carbonyl (C=O) groups excluding carboxylic acids is 2. The lowest BCUT2D eigenvalue weighted by molar-refractivity contribution is 0.0373. The van der Waals surface area contributed by atoms with Gasteiger partial charge in [0, 0.05) is 36.5 Å². The second kappa shape index (κ2) is 6.93. The zero-order valence-corrected chi connectivity index (χ0v) is 18.3. The predicted molar refractivity (Wildman–Crippen MR) is 114 cm³/mol. The molecule has 2 aliphatic rings. The number of hydrogen-bond donors (Lipinski definition) is 0. The summed E-state index contributed by atoms with van der Waals surface area (Å²) in [4.78, 5) is 40.9. The highest BCUT2D eigenvalue weighted by atomic mass is 16.2. The number of nitrogens with zero attached hydrogens (tertiary/aromatic N) is 6. The number of hydrogen-bond acceptors (Lipinski definition) is 6. The second-order valence-corrected chi connectivity index (χ2v) is 8.98. The molecule has 5 rings (SSSR count). The van der Waals surface area contributed by atoms with E-state index in [1.807, 2.05) is 24.9 Å². The number of aryl methyl sites for hydroxylation is 3. The molecule has 3 aromatic rings. The first-order chi connectivity index (χ1) is 14.8. The molecule has 0 saturated carbocycles. The van der Waals surface area contributed by atoms with Crippen molar-refractivity contribution in [3.05, 3.63) is 52.5 Å². The molecule has 1 aliphatic carbocycles. The molecule has 8 nitrogen and oxygen atoms in total. The molecule has 1 saturated heterocycles. The van der Waals surface area contributed by atoms with Gasteiger partial charge in [-0.25, -0.2) is 19.5 Å². The van der Waals surface area contributed by atoms with Gasteiger partial charge in [0.15, 0.2) is 17.1 Å². The third-order valence-electron chi connectivity index (χ3n) is 7.00. The maximum Gasteiger partial charge on any atom is 0.274 e. The second-order valence-electron chi connectivity index (χ2n) is 8.98. The van der Waals surface area contributed by atoms with Crippen molar-refractivity contribution in [2.45, 2.75) is 64.8 Å². The number of Topliss-reactive ketones (excluding diaryl/α,β-unsaturated/α-hetero) is 1. The van der Waals surface area contributed by atoms with Crippen molar-refractivity contribution >= 4 is 17.3 Å². The Bertz CT molecular complexity index is 1230. The molecule has 1 amide bonds. The summed E-state index contributed by atoms with van der Waals surface area (Å²) in [6.45, 7) is 8.19. The van der Waals surface area contributed by atoms with Crippen molar-refractivity contribution in [3.8, 4) is 0 Å². The van der Waals surface area contributed by atoms with E-state index in [-0.39, 0.29) is 23.1 Å². The van der Waals surface area contributed by atoms with Crippen molar-refractivity contribution in [2.75, 3.05) is 6.54 Å². The van der Waals surface area contributed by atoms with Gasteiger partial charge in [-0.15, -0.1) is 0 Å². The molecule has 1 unspecified atom stereocenters. The molecule has 0 spiro atoms. The van der Waals surface area contributed by atoms with Crippen molar-refractivity contribution in [2.24, 2.45) is 0 Å². The number of aromatic nitrogens is 5. The number of piperidine rings is 1. The largest absolute Gasteiger partial charge is 0.333 e. The minimum absolute atomic E-state index is 0.0692. The molecule has 1 fully saturated rings. The smallest absolute Gasteiger partial charge is 0.274 e. The Balaban J connectivity index is 1.53. The first kappa shape index (κ1) is 19.8. The highest BCUT2D eigenvalue weighted by molar-refractivity contribution is 5.96. The first-order valence-electron chi connectivity index (χ1n) is 10.8. The van der Waals surface area contributed by atoms with Crippen molar-refractivity contribution < 1.29 is 9.59 Å². The van der Waals surface area contributed by atoms with Crippen molar-refractivity contribution in [1.82, 2.24) is 29.5 Å². The van der Waals surface area contributed by atoms with Gasteiger partial charge < -0.3 is 4.90 Å². The van der Waals surface area contributed by atoms with Gasteiger partial charge in [-0.3, -0.25) is 9.59 Å². The Hall–Kier alpha value is -3.16. The molecule has 0 N–H and O–H groups in total. The Kier molecular flexibility index (Phi) is 4.42. The van der Waals surface area contributed by atoms with Crippen LogP contribution in [0.3, 0.4) is 0 Å². The SMILES string of the molecule is CC(=O)c1cnc2cc(C(=O)N3CCC[C@@]4(C)c5nc(C)ncc5CCC34)nn2c1C. The number of fused-ring (bicyclic) bond motifs is 4. The van der Waals surface area contributed by atoms with E-state index in [4.69, 9.17) is 4.98 Å².